The van der Waals surface area contributed by atoms with Crippen LogP contribution in [0.15, 0.2) is 18.2 Å². The van der Waals surface area contributed by atoms with Crippen molar-refractivity contribution < 1.29 is 9.90 Å². The summed E-state index contributed by atoms with van der Waals surface area (Å²) in [5.41, 5.74) is 6.82. The summed E-state index contributed by atoms with van der Waals surface area (Å²) in [6, 6.07) is 6.50. The Hall–Kier alpha value is -2.02. The zero-order chi connectivity index (χ0) is 9.84. The van der Waals surface area contributed by atoms with Crippen LogP contribution in [0.4, 0.5) is 5.69 Å². The predicted octanol–water partition coefficient (Wildman–Crippen LogP) is 0.768. The number of hydrogen-bond donors (Lipinski definition) is 2. The zero-order valence-corrected chi connectivity index (χ0v) is 6.82. The van der Waals surface area contributed by atoms with E-state index in [1.54, 1.807) is 6.07 Å². The van der Waals surface area contributed by atoms with Crippen LogP contribution in [0.1, 0.15) is 11.1 Å². The van der Waals surface area contributed by atoms with E-state index in [2.05, 4.69) is 0 Å². The SMILES string of the molecule is N#Cc1ccc(N)c(CC(=O)O)c1. The number of carboxylic acid groups (broad SMARTS) is 1. The highest BCUT2D eigenvalue weighted by molar-refractivity contribution is 5.73. The highest BCUT2D eigenvalue weighted by Gasteiger charge is 2.05. The normalized spacial score (nSPS) is 9.15. The lowest BCUT2D eigenvalue weighted by Gasteiger charge is -2.01. The Morgan fingerprint density at radius 2 is 2.31 bits per heavy atom. The van der Waals surface area contributed by atoms with E-state index < -0.39 is 5.97 Å². The quantitative estimate of drug-likeness (QED) is 0.651. The first-order chi connectivity index (χ1) is 6.13. The molecule has 0 amide bonds. The third-order valence-electron chi connectivity index (χ3n) is 1.61. The standard InChI is InChI=1S/C9H8N2O2/c10-5-6-1-2-8(11)7(3-6)4-9(12)13/h1-3H,4,11H2,(H,12,13). The number of anilines is 1. The summed E-state index contributed by atoms with van der Waals surface area (Å²) in [6.45, 7) is 0. The molecule has 0 saturated heterocycles. The van der Waals surface area contributed by atoms with Gasteiger partial charge in [-0.05, 0) is 23.8 Å². The molecule has 0 spiro atoms. The molecule has 0 aliphatic rings. The lowest BCUT2D eigenvalue weighted by molar-refractivity contribution is -0.136. The summed E-state index contributed by atoms with van der Waals surface area (Å²) >= 11 is 0. The highest BCUT2D eigenvalue weighted by Crippen LogP contribution is 2.14. The van der Waals surface area contributed by atoms with Gasteiger partial charge in [0.2, 0.25) is 0 Å². The Kier molecular flexibility index (Phi) is 2.50. The summed E-state index contributed by atoms with van der Waals surface area (Å²) in [5, 5.41) is 17.1. The van der Waals surface area contributed by atoms with Crippen molar-refractivity contribution in [1.29, 1.82) is 5.26 Å². The van der Waals surface area contributed by atoms with E-state index in [1.807, 2.05) is 6.07 Å². The van der Waals surface area contributed by atoms with Crippen LogP contribution in [0.2, 0.25) is 0 Å². The molecule has 0 bridgehead atoms. The van der Waals surface area contributed by atoms with Gasteiger partial charge in [0.15, 0.2) is 0 Å². The molecule has 4 heteroatoms. The van der Waals surface area contributed by atoms with Gasteiger partial charge < -0.3 is 10.8 Å². The smallest absolute Gasteiger partial charge is 0.307 e. The van der Waals surface area contributed by atoms with E-state index in [0.29, 0.717) is 16.8 Å². The summed E-state index contributed by atoms with van der Waals surface area (Å²) in [7, 11) is 0. The summed E-state index contributed by atoms with van der Waals surface area (Å²) in [4.78, 5) is 10.4. The minimum atomic E-state index is -0.957. The van der Waals surface area contributed by atoms with Crippen molar-refractivity contribution in [2.24, 2.45) is 0 Å². The molecular weight excluding hydrogens is 168 g/mol. The molecule has 0 unspecified atom stereocenters. The first-order valence-electron chi connectivity index (χ1n) is 3.64. The minimum Gasteiger partial charge on any atom is -0.481 e. The van der Waals surface area contributed by atoms with Crippen LogP contribution in [0.3, 0.4) is 0 Å². The molecule has 0 aliphatic carbocycles. The first kappa shape index (κ1) is 9.07. The van der Waals surface area contributed by atoms with Gasteiger partial charge >= 0.3 is 5.97 Å². The topological polar surface area (TPSA) is 87.1 Å². The first-order valence-corrected chi connectivity index (χ1v) is 3.64. The number of nitrogens with two attached hydrogens (primary N) is 1. The molecule has 0 aromatic heterocycles. The maximum absolute atomic E-state index is 10.4. The highest BCUT2D eigenvalue weighted by atomic mass is 16.4. The number of carbonyl (C=O) groups is 1. The van der Waals surface area contributed by atoms with E-state index >= 15 is 0 Å². The van der Waals surface area contributed by atoms with Gasteiger partial charge in [0.1, 0.15) is 0 Å². The Balaban J connectivity index is 3.05. The van der Waals surface area contributed by atoms with Gasteiger partial charge in [0.25, 0.3) is 0 Å². The van der Waals surface area contributed by atoms with Gasteiger partial charge in [-0.15, -0.1) is 0 Å². The average molecular weight is 176 g/mol. The number of benzene rings is 1. The average Bonchev–Trinajstić information content (AvgIpc) is 2.08. The van der Waals surface area contributed by atoms with E-state index in [0.717, 1.165) is 0 Å². The Bertz CT molecular complexity index is 380. The van der Waals surface area contributed by atoms with Crippen molar-refractivity contribution >= 4 is 11.7 Å². The molecule has 0 fully saturated rings. The Morgan fingerprint density at radius 3 is 2.85 bits per heavy atom. The number of aliphatic carboxylic acids is 1. The van der Waals surface area contributed by atoms with E-state index in [-0.39, 0.29) is 6.42 Å². The lowest BCUT2D eigenvalue weighted by atomic mass is 10.1. The van der Waals surface area contributed by atoms with Crippen LogP contribution in [0.25, 0.3) is 0 Å². The number of rotatable bonds is 2. The second kappa shape index (κ2) is 3.59. The predicted molar refractivity (Wildman–Crippen MR) is 46.9 cm³/mol. The van der Waals surface area contributed by atoms with E-state index in [9.17, 15) is 4.79 Å². The lowest BCUT2D eigenvalue weighted by Crippen LogP contribution is -2.03. The summed E-state index contributed by atoms with van der Waals surface area (Å²) < 4.78 is 0. The maximum atomic E-state index is 10.4. The molecule has 4 nitrogen and oxygen atoms in total. The number of nitrogen functional groups attached to an aromatic ring is 1. The van der Waals surface area contributed by atoms with Crippen molar-refractivity contribution in [3.63, 3.8) is 0 Å². The second-order valence-electron chi connectivity index (χ2n) is 2.60. The van der Waals surface area contributed by atoms with Crippen LogP contribution in [0.5, 0.6) is 0 Å². The molecule has 13 heavy (non-hydrogen) atoms. The molecule has 3 N–H and O–H groups in total. The molecule has 1 rings (SSSR count). The number of nitriles is 1. The van der Waals surface area contributed by atoms with Gasteiger partial charge in [-0.25, -0.2) is 0 Å². The van der Waals surface area contributed by atoms with Gasteiger partial charge in [0.05, 0.1) is 18.1 Å². The third-order valence-corrected chi connectivity index (χ3v) is 1.61. The van der Waals surface area contributed by atoms with Crippen LogP contribution < -0.4 is 5.73 Å². The van der Waals surface area contributed by atoms with Crippen LogP contribution >= 0.6 is 0 Å². The minimum absolute atomic E-state index is 0.151. The molecule has 0 heterocycles. The van der Waals surface area contributed by atoms with Crippen molar-refractivity contribution in [3.8, 4) is 6.07 Å². The van der Waals surface area contributed by atoms with E-state index in [1.165, 1.54) is 12.1 Å². The van der Waals surface area contributed by atoms with Gasteiger partial charge in [0, 0.05) is 5.69 Å². The van der Waals surface area contributed by atoms with Gasteiger partial charge in [-0.3, -0.25) is 4.79 Å². The Morgan fingerprint density at radius 1 is 1.62 bits per heavy atom. The summed E-state index contributed by atoms with van der Waals surface area (Å²) in [6.07, 6.45) is -0.151. The molecule has 66 valence electrons. The largest absolute Gasteiger partial charge is 0.481 e. The van der Waals surface area contributed by atoms with Crippen molar-refractivity contribution in [2.45, 2.75) is 6.42 Å². The van der Waals surface area contributed by atoms with Crippen molar-refractivity contribution in [1.82, 2.24) is 0 Å². The fourth-order valence-electron chi connectivity index (χ4n) is 0.991. The van der Waals surface area contributed by atoms with Crippen molar-refractivity contribution in [2.75, 3.05) is 5.73 Å². The fourth-order valence-corrected chi connectivity index (χ4v) is 0.991. The van der Waals surface area contributed by atoms with Crippen LogP contribution in [-0.2, 0) is 11.2 Å². The van der Waals surface area contributed by atoms with Gasteiger partial charge in [-0.1, -0.05) is 0 Å². The van der Waals surface area contributed by atoms with Gasteiger partial charge in [-0.2, -0.15) is 5.26 Å². The zero-order valence-electron chi connectivity index (χ0n) is 6.82. The summed E-state index contributed by atoms with van der Waals surface area (Å²) in [5.74, 6) is -0.957. The molecule has 0 saturated carbocycles. The fraction of sp³-hybridized carbons (Fsp3) is 0.111. The van der Waals surface area contributed by atoms with Crippen LogP contribution in [0, 0.1) is 11.3 Å². The molecular formula is C9H8N2O2. The molecule has 0 atom stereocenters. The molecule has 0 aliphatic heterocycles. The Labute approximate surface area is 75.2 Å². The molecule has 1 aromatic rings. The monoisotopic (exact) mass is 176 g/mol. The number of carboxylic acids is 1. The number of nitrogens with zero attached hydrogens (tertiary/aromatic N) is 1. The van der Waals surface area contributed by atoms with E-state index in [4.69, 9.17) is 16.1 Å². The number of hydrogen-bond acceptors (Lipinski definition) is 3. The molecule has 0 radical (unpaired) electrons. The maximum Gasteiger partial charge on any atom is 0.307 e. The third kappa shape index (κ3) is 2.20. The second-order valence-corrected chi connectivity index (χ2v) is 2.60. The van der Waals surface area contributed by atoms with Crippen molar-refractivity contribution in [3.05, 3.63) is 29.3 Å². The molecule has 1 aromatic carbocycles. The van der Waals surface area contributed by atoms with Crippen LogP contribution in [-0.4, -0.2) is 11.1 Å².